The Labute approximate surface area is 394 Å². The van der Waals surface area contributed by atoms with E-state index in [0.29, 0.717) is 47.3 Å². The molecule has 0 heterocycles. The Morgan fingerprint density at radius 1 is 0.530 bits per heavy atom. The van der Waals surface area contributed by atoms with Gasteiger partial charge in [0.05, 0.1) is 17.1 Å². The van der Waals surface area contributed by atoms with Crippen LogP contribution in [0.5, 0.6) is 0 Å². The Kier molecular flexibility index (Phi) is 15.5. The zero-order valence-electron chi connectivity index (χ0n) is 38.9. The second-order valence-electron chi connectivity index (χ2n) is 19.9. The summed E-state index contributed by atoms with van der Waals surface area (Å²) >= 11 is 0. The summed E-state index contributed by atoms with van der Waals surface area (Å²) in [5.74, 6) is 3.91. The van der Waals surface area contributed by atoms with Gasteiger partial charge in [-0.15, -0.1) is 0 Å². The monoisotopic (exact) mass is 875 g/mol. The summed E-state index contributed by atoms with van der Waals surface area (Å²) in [4.78, 5) is 19.7. The fourth-order valence-electron chi connectivity index (χ4n) is 11.4. The Morgan fingerprint density at radius 3 is 1.67 bits per heavy atom. The molecule has 4 aromatic rings. The van der Waals surface area contributed by atoms with E-state index in [2.05, 4.69) is 152 Å². The van der Waals surface area contributed by atoms with Crippen molar-refractivity contribution in [3.8, 4) is 0 Å². The topological polar surface area (TPSA) is 101 Å². The number of nitrogens with two attached hydrogens (primary N) is 2. The van der Waals surface area contributed by atoms with Crippen LogP contribution >= 0.6 is 0 Å². The van der Waals surface area contributed by atoms with Crippen molar-refractivity contribution in [1.82, 2.24) is 0 Å². The highest BCUT2D eigenvalue weighted by Crippen LogP contribution is 2.49. The molecule has 0 bridgehead atoms. The van der Waals surface area contributed by atoms with Crippen molar-refractivity contribution in [2.24, 2.45) is 55.5 Å². The van der Waals surface area contributed by atoms with E-state index in [1.165, 1.54) is 92.2 Å². The van der Waals surface area contributed by atoms with Gasteiger partial charge < -0.3 is 11.5 Å². The van der Waals surface area contributed by atoms with Crippen LogP contribution in [0.1, 0.15) is 131 Å². The predicted molar refractivity (Wildman–Crippen MR) is 281 cm³/mol. The van der Waals surface area contributed by atoms with E-state index in [9.17, 15) is 0 Å². The van der Waals surface area contributed by atoms with Gasteiger partial charge in [0, 0.05) is 47.8 Å². The van der Waals surface area contributed by atoms with Crippen molar-refractivity contribution in [2.75, 3.05) is 11.5 Å². The van der Waals surface area contributed by atoms with Gasteiger partial charge in [-0.05, 0) is 222 Å². The van der Waals surface area contributed by atoms with Crippen LogP contribution in [0.3, 0.4) is 0 Å². The van der Waals surface area contributed by atoms with Gasteiger partial charge in [-0.3, -0.25) is 20.0 Å². The third-order valence-electron chi connectivity index (χ3n) is 15.3. The minimum Gasteiger partial charge on any atom is -0.399 e. The van der Waals surface area contributed by atoms with Crippen LogP contribution in [0, 0.1) is 35.5 Å². The minimum atomic E-state index is 0.317. The third-order valence-corrected chi connectivity index (χ3v) is 15.3. The summed E-state index contributed by atoms with van der Waals surface area (Å²) in [6, 6.07) is 36.8. The molecule has 4 N–H and O–H groups in total. The standard InChI is InChI=1S/C60H70N6/c61-53-31-23-49(24-32-53)59(50-25-33-54(62)34-26-50)47-19-21-48(22-20-47)60(51-27-35-57(36-28-51)65-41-45-15-11-43(12-16-45)39-63-55-7-3-1-4-8-55)52-29-37-58(38-30-52)66-42-46-17-13-44(14-18-46)40-64-56-9-5-2-6-10-56/h1,3-5,7-9,23-27,29-43,45-48,51,59-60H,2,6,10-22,28,61-62H2. The van der Waals surface area contributed by atoms with Crippen LogP contribution in [0.2, 0.25) is 0 Å². The Hall–Kier alpha value is -5.88. The van der Waals surface area contributed by atoms with Crippen molar-refractivity contribution < 1.29 is 0 Å². The highest BCUT2D eigenvalue weighted by Gasteiger charge is 2.36. The quantitative estimate of drug-likeness (QED) is 0.103. The van der Waals surface area contributed by atoms with E-state index in [4.69, 9.17) is 31.4 Å². The van der Waals surface area contributed by atoms with Crippen LogP contribution < -0.4 is 11.5 Å². The molecule has 5 aliphatic rings. The molecule has 0 amide bonds. The number of hydrogen-bond donors (Lipinski definition) is 2. The molecule has 6 heteroatoms. The van der Waals surface area contributed by atoms with Gasteiger partial charge in [0.15, 0.2) is 0 Å². The smallest absolute Gasteiger partial charge is 0.0626 e. The Bertz CT molecular complexity index is 2360. The second kappa shape index (κ2) is 22.5. The fraction of sp³-hybridized carbons (Fsp3) is 0.400. The summed E-state index contributed by atoms with van der Waals surface area (Å²) in [7, 11) is 0. The normalized spacial score (nSPS) is 26.1. The van der Waals surface area contributed by atoms with Gasteiger partial charge in [-0.1, -0.05) is 78.4 Å². The first kappa shape index (κ1) is 45.3. The fourth-order valence-corrected chi connectivity index (χ4v) is 11.4. The first-order chi connectivity index (χ1) is 32.5. The molecule has 2 unspecified atom stereocenters. The van der Waals surface area contributed by atoms with E-state index in [1.54, 1.807) is 0 Å². The van der Waals surface area contributed by atoms with Gasteiger partial charge in [-0.25, -0.2) is 0 Å². The average molecular weight is 875 g/mol. The van der Waals surface area contributed by atoms with Crippen molar-refractivity contribution in [1.29, 1.82) is 0 Å². The van der Waals surface area contributed by atoms with E-state index in [-0.39, 0.29) is 0 Å². The number of anilines is 2. The molecule has 340 valence electrons. The van der Waals surface area contributed by atoms with Crippen LogP contribution in [-0.4, -0.2) is 24.4 Å². The Morgan fingerprint density at radius 2 is 1.09 bits per heavy atom. The third kappa shape index (κ3) is 12.3. The lowest BCUT2D eigenvalue weighted by molar-refractivity contribution is 0.206. The van der Waals surface area contributed by atoms with Gasteiger partial charge in [0.25, 0.3) is 0 Å². The van der Waals surface area contributed by atoms with Crippen molar-refractivity contribution in [3.63, 3.8) is 0 Å². The lowest BCUT2D eigenvalue weighted by atomic mass is 9.64. The number of allylic oxidation sites excluding steroid dienone is 6. The summed E-state index contributed by atoms with van der Waals surface area (Å²) in [5, 5.41) is 0. The predicted octanol–water partition coefficient (Wildman–Crippen LogP) is 15.3. The molecule has 0 saturated heterocycles. The molecular weight excluding hydrogens is 805 g/mol. The number of hydrogen-bond acceptors (Lipinski definition) is 6. The van der Waals surface area contributed by atoms with E-state index < -0.39 is 0 Å². The highest BCUT2D eigenvalue weighted by atomic mass is 14.7. The summed E-state index contributed by atoms with van der Waals surface area (Å²) in [5.41, 5.74) is 24.0. The van der Waals surface area contributed by atoms with Crippen molar-refractivity contribution in [2.45, 2.75) is 115 Å². The maximum atomic E-state index is 6.17. The SMILES string of the molecule is Nc1ccc(C(c2ccc(N)cc2)C2CCC(C(c3ccc(N=CC4CCC(=CN=C5C=CCCC5)CC4)cc3)C3C=CC(N=CC4CCC(C=Nc5ccccc5)CC4)=CC3)CC2)cc1. The van der Waals surface area contributed by atoms with E-state index in [1.807, 2.05) is 6.07 Å². The summed E-state index contributed by atoms with van der Waals surface area (Å²) in [6.45, 7) is 0. The molecule has 66 heavy (non-hydrogen) atoms. The summed E-state index contributed by atoms with van der Waals surface area (Å²) in [6.07, 6.45) is 39.0. The van der Waals surface area contributed by atoms with Crippen molar-refractivity contribution in [3.05, 3.63) is 168 Å². The lowest BCUT2D eigenvalue weighted by Gasteiger charge is -2.40. The molecule has 2 atom stereocenters. The number of nitrogen functional groups attached to an aromatic ring is 2. The molecule has 6 nitrogen and oxygen atoms in total. The summed E-state index contributed by atoms with van der Waals surface area (Å²) < 4.78 is 0. The lowest BCUT2D eigenvalue weighted by Crippen LogP contribution is -2.28. The minimum absolute atomic E-state index is 0.317. The largest absolute Gasteiger partial charge is 0.399 e. The number of nitrogens with zero attached hydrogens (tertiary/aromatic N) is 4. The molecule has 5 aliphatic carbocycles. The molecule has 0 radical (unpaired) electrons. The van der Waals surface area contributed by atoms with E-state index in [0.717, 1.165) is 67.0 Å². The van der Waals surface area contributed by atoms with Gasteiger partial charge in [0.1, 0.15) is 0 Å². The van der Waals surface area contributed by atoms with Crippen LogP contribution in [-0.2, 0) is 0 Å². The van der Waals surface area contributed by atoms with Gasteiger partial charge >= 0.3 is 0 Å². The molecule has 4 aromatic carbocycles. The van der Waals surface area contributed by atoms with Crippen molar-refractivity contribution >= 4 is 47.1 Å². The highest BCUT2D eigenvalue weighted by molar-refractivity contribution is 5.96. The molecule has 3 fully saturated rings. The van der Waals surface area contributed by atoms with E-state index >= 15 is 0 Å². The van der Waals surface area contributed by atoms with Crippen LogP contribution in [0.15, 0.2) is 171 Å². The average Bonchev–Trinajstić information content (AvgIpc) is 3.37. The second-order valence-corrected chi connectivity index (χ2v) is 19.9. The number of para-hydroxylation sites is 1. The zero-order valence-corrected chi connectivity index (χ0v) is 38.9. The molecule has 0 spiro atoms. The molecule has 0 aromatic heterocycles. The maximum absolute atomic E-state index is 6.17. The first-order valence-electron chi connectivity index (χ1n) is 25.3. The Balaban J connectivity index is 0.862. The number of rotatable bonds is 13. The number of aliphatic imine (C=N–C) groups is 4. The maximum Gasteiger partial charge on any atom is 0.0626 e. The molecule has 0 aliphatic heterocycles. The first-order valence-corrected chi connectivity index (χ1v) is 25.3. The number of benzene rings is 4. The van der Waals surface area contributed by atoms with Crippen LogP contribution in [0.4, 0.5) is 22.7 Å². The molecular formula is C60H70N6. The van der Waals surface area contributed by atoms with Gasteiger partial charge in [0.2, 0.25) is 0 Å². The van der Waals surface area contributed by atoms with Crippen LogP contribution in [0.25, 0.3) is 0 Å². The van der Waals surface area contributed by atoms with Gasteiger partial charge in [-0.2, -0.15) is 0 Å². The molecule has 9 rings (SSSR count). The molecule has 3 saturated carbocycles. The zero-order chi connectivity index (χ0) is 44.9.